The molecule has 1 heterocycles. The lowest BCUT2D eigenvalue weighted by Gasteiger charge is -2.13. The van der Waals surface area contributed by atoms with Gasteiger partial charge in [-0.2, -0.15) is 0 Å². The summed E-state index contributed by atoms with van der Waals surface area (Å²) in [4.78, 5) is 45.5. The number of carbonyl (C=O) groups excluding carboxylic acids is 1. The third kappa shape index (κ3) is 6.63. The Morgan fingerprint density at radius 1 is 1.14 bits per heavy atom. The lowest BCUT2D eigenvalue weighted by atomic mass is 10.2. The molecule has 0 spiro atoms. The van der Waals surface area contributed by atoms with E-state index in [0.29, 0.717) is 10.7 Å². The molecule has 0 saturated carbocycles. The fourth-order valence-electron chi connectivity index (χ4n) is 3.40. The van der Waals surface area contributed by atoms with Gasteiger partial charge < -0.3 is 9.47 Å². The predicted molar refractivity (Wildman–Crippen MR) is 138 cm³/mol. The van der Waals surface area contributed by atoms with Gasteiger partial charge in [0.2, 0.25) is 5.62 Å². The highest BCUT2D eigenvalue weighted by atomic mass is 35.5. The highest BCUT2D eigenvalue weighted by Gasteiger charge is 2.15. The number of benzene rings is 2. The maximum Gasteiger partial charge on any atom is 0.335 e. The second kappa shape index (κ2) is 11.7. The first-order valence-corrected chi connectivity index (χ1v) is 11.8. The number of esters is 1. The van der Waals surface area contributed by atoms with Crippen molar-refractivity contribution < 1.29 is 14.3 Å². The number of hydrogen-bond donors (Lipinski definition) is 1. The number of aryl methyl sites for hydroxylation is 1. The molecule has 3 aromatic rings. The Bertz CT molecular complexity index is 1450. The molecule has 190 valence electrons. The molecule has 0 aliphatic carbocycles. The molecule has 10 heteroatoms. The number of halogens is 1. The third-order valence-corrected chi connectivity index (χ3v) is 5.36. The lowest BCUT2D eigenvalue weighted by molar-refractivity contribution is -0.138. The van der Waals surface area contributed by atoms with Gasteiger partial charge in [0.25, 0.3) is 0 Å². The quantitative estimate of drug-likeness (QED) is 0.349. The Kier molecular flexibility index (Phi) is 8.71. The summed E-state index contributed by atoms with van der Waals surface area (Å²) in [7, 11) is 0. The summed E-state index contributed by atoms with van der Waals surface area (Å²) < 4.78 is 12.9. The lowest BCUT2D eigenvalue weighted by Crippen LogP contribution is -2.50. The monoisotopic (exact) mass is 512 g/mol. The molecule has 3 rings (SSSR count). The minimum Gasteiger partial charge on any atom is -0.491 e. The summed E-state index contributed by atoms with van der Waals surface area (Å²) in [5, 5.41) is 0.553. The summed E-state index contributed by atoms with van der Waals surface area (Å²) in [5.41, 5.74) is 0.784. The fourth-order valence-corrected chi connectivity index (χ4v) is 3.52. The van der Waals surface area contributed by atoms with Crippen LogP contribution >= 0.6 is 11.6 Å². The summed E-state index contributed by atoms with van der Waals surface area (Å²) in [5.74, 6) is 0.0420. The second-order valence-corrected chi connectivity index (χ2v) is 8.82. The van der Waals surface area contributed by atoms with E-state index in [9.17, 15) is 14.4 Å². The van der Waals surface area contributed by atoms with Crippen molar-refractivity contribution >= 4 is 23.3 Å². The number of hydrogen-bond acceptors (Lipinski definition) is 6. The van der Waals surface area contributed by atoms with Crippen LogP contribution in [0.3, 0.4) is 0 Å². The Morgan fingerprint density at radius 3 is 2.44 bits per heavy atom. The molecule has 0 atom stereocenters. The van der Waals surface area contributed by atoms with Gasteiger partial charge in [0.05, 0.1) is 37.1 Å². The highest BCUT2D eigenvalue weighted by molar-refractivity contribution is 6.30. The number of aromatic amines is 1. The molecular weight excluding hydrogens is 484 g/mol. The number of carbonyl (C=O) groups is 1. The van der Waals surface area contributed by atoms with E-state index in [1.165, 1.54) is 4.57 Å². The van der Waals surface area contributed by atoms with Crippen LogP contribution in [-0.2, 0) is 22.6 Å². The maximum atomic E-state index is 13.4. The summed E-state index contributed by atoms with van der Waals surface area (Å²) in [6, 6.07) is 12.3. The average Bonchev–Trinajstić information content (AvgIpc) is 2.82. The molecule has 9 nitrogen and oxygen atoms in total. The van der Waals surface area contributed by atoms with Crippen LogP contribution in [-0.4, -0.2) is 32.8 Å². The van der Waals surface area contributed by atoms with Crippen LogP contribution in [0.25, 0.3) is 0 Å². The Balaban J connectivity index is 2.13. The van der Waals surface area contributed by atoms with E-state index in [2.05, 4.69) is 16.6 Å². The van der Waals surface area contributed by atoms with Crippen molar-refractivity contribution in [1.29, 1.82) is 0 Å². The molecule has 0 unspecified atom stereocenters. The van der Waals surface area contributed by atoms with Gasteiger partial charge >= 0.3 is 17.3 Å². The zero-order valence-corrected chi connectivity index (χ0v) is 21.5. The molecule has 0 aliphatic rings. The third-order valence-electron chi connectivity index (χ3n) is 5.10. The smallest absolute Gasteiger partial charge is 0.335 e. The van der Waals surface area contributed by atoms with E-state index in [1.54, 1.807) is 49.4 Å². The molecule has 0 amide bonds. The Hall–Kier alpha value is -3.85. The van der Waals surface area contributed by atoms with Crippen LogP contribution < -0.4 is 21.7 Å². The van der Waals surface area contributed by atoms with E-state index in [-0.39, 0.29) is 37.0 Å². The number of H-pyrrole nitrogens is 1. The molecule has 0 aliphatic heterocycles. The summed E-state index contributed by atoms with van der Waals surface area (Å²) >= 11 is 6.00. The van der Waals surface area contributed by atoms with Crippen molar-refractivity contribution in [3.63, 3.8) is 0 Å². The van der Waals surface area contributed by atoms with Crippen LogP contribution in [0.2, 0.25) is 5.02 Å². The number of nitrogens with one attached hydrogen (secondary N) is 1. The van der Waals surface area contributed by atoms with Gasteiger partial charge in [-0.3, -0.25) is 9.55 Å². The van der Waals surface area contributed by atoms with Crippen LogP contribution in [0.4, 0.5) is 5.69 Å². The molecule has 0 bridgehead atoms. The highest BCUT2D eigenvalue weighted by Crippen LogP contribution is 2.24. The van der Waals surface area contributed by atoms with E-state index in [4.69, 9.17) is 21.1 Å². The first kappa shape index (κ1) is 26.7. The number of ether oxygens (including phenoxy) is 2. The molecule has 1 N–H and O–H groups in total. The SMILES string of the molecule is C=C(Cn1c(=O)[nH]/c(=N\c2ccc(OC(C)C)c(C)c2)n(Cc2ccc(Cl)cc2)c1=O)C(=O)OCC. The van der Waals surface area contributed by atoms with Crippen molar-refractivity contribution in [3.8, 4) is 5.75 Å². The molecular formula is C26H29ClN4O5. The predicted octanol–water partition coefficient (Wildman–Crippen LogP) is 3.49. The fraction of sp³-hybridized carbons (Fsp3) is 0.308. The topological polar surface area (TPSA) is 108 Å². The van der Waals surface area contributed by atoms with Crippen LogP contribution in [0.5, 0.6) is 5.75 Å². The van der Waals surface area contributed by atoms with Crippen molar-refractivity contribution in [2.45, 2.75) is 46.9 Å². The van der Waals surface area contributed by atoms with Crippen LogP contribution in [0, 0.1) is 6.92 Å². The molecule has 1 aromatic heterocycles. The molecule has 0 radical (unpaired) electrons. The van der Waals surface area contributed by atoms with E-state index >= 15 is 0 Å². The van der Waals surface area contributed by atoms with Crippen LogP contribution in [0.15, 0.2) is 69.2 Å². The first-order valence-electron chi connectivity index (χ1n) is 11.4. The summed E-state index contributed by atoms with van der Waals surface area (Å²) in [6.07, 6.45) is 0.0151. The zero-order chi connectivity index (χ0) is 26.4. The molecule has 0 fully saturated rings. The van der Waals surface area contributed by atoms with Gasteiger partial charge in [-0.15, -0.1) is 0 Å². The molecule has 36 heavy (non-hydrogen) atoms. The van der Waals surface area contributed by atoms with E-state index in [0.717, 1.165) is 21.4 Å². The minimum atomic E-state index is -0.729. The first-order chi connectivity index (χ1) is 17.1. The second-order valence-electron chi connectivity index (χ2n) is 8.39. The zero-order valence-electron chi connectivity index (χ0n) is 20.7. The number of aromatic nitrogens is 3. The van der Waals surface area contributed by atoms with Gasteiger partial charge in [0.15, 0.2) is 0 Å². The molecule has 0 saturated heterocycles. The average molecular weight is 513 g/mol. The summed E-state index contributed by atoms with van der Waals surface area (Å²) in [6.45, 7) is 11.0. The molecule has 2 aromatic carbocycles. The van der Waals surface area contributed by atoms with Crippen molar-refractivity contribution in [1.82, 2.24) is 14.1 Å². The van der Waals surface area contributed by atoms with Crippen molar-refractivity contribution in [2.24, 2.45) is 4.99 Å². The Morgan fingerprint density at radius 2 is 1.83 bits per heavy atom. The largest absolute Gasteiger partial charge is 0.491 e. The van der Waals surface area contributed by atoms with Gasteiger partial charge in [-0.25, -0.2) is 23.9 Å². The standard InChI is InChI=1S/C26H29ClN4O5/c1-6-35-23(32)18(5)14-31-25(33)29-24(28-21-11-12-22(17(4)13-21)36-16(2)3)30(26(31)34)15-19-7-9-20(27)10-8-19/h7-13,16H,5-6,14-15H2,1-4H3,(H,28,29,33). The van der Waals surface area contributed by atoms with Gasteiger partial charge in [0.1, 0.15) is 5.75 Å². The Labute approximate surface area is 213 Å². The van der Waals surface area contributed by atoms with Gasteiger partial charge in [-0.05, 0) is 69.2 Å². The normalized spacial score (nSPS) is 11.6. The van der Waals surface area contributed by atoms with Crippen molar-refractivity contribution in [3.05, 3.63) is 97.4 Å². The number of nitrogens with zero attached hydrogens (tertiary/aromatic N) is 3. The van der Waals surface area contributed by atoms with E-state index in [1.807, 2.05) is 20.8 Å². The van der Waals surface area contributed by atoms with Gasteiger partial charge in [-0.1, -0.05) is 30.3 Å². The van der Waals surface area contributed by atoms with E-state index < -0.39 is 17.3 Å². The number of rotatable bonds is 9. The maximum absolute atomic E-state index is 13.4. The minimum absolute atomic E-state index is 0.0151. The van der Waals surface area contributed by atoms with Gasteiger partial charge in [0, 0.05) is 5.02 Å². The van der Waals surface area contributed by atoms with Crippen LogP contribution in [0.1, 0.15) is 31.9 Å². The van der Waals surface area contributed by atoms with Crippen molar-refractivity contribution in [2.75, 3.05) is 6.61 Å².